The van der Waals surface area contributed by atoms with Gasteiger partial charge in [-0.05, 0) is 63.4 Å². The Morgan fingerprint density at radius 3 is 2.43 bits per heavy atom. The first-order chi connectivity index (χ1) is 11.2. The number of hydrogen-bond acceptors (Lipinski definition) is 5. The standard InChI is InChI=1S/C18H25N5/c1-14(2)20-17-10-11-19-18(22-17)21-15-6-8-16(9-7-15)23-12-4-3-5-13-23/h6-11,14H,3-5,12-13H2,1-2H3,(H2,19,20,21,22). The van der Waals surface area contributed by atoms with Crippen LogP contribution in [0.1, 0.15) is 33.1 Å². The van der Waals surface area contributed by atoms with E-state index in [-0.39, 0.29) is 0 Å². The number of hydrogen-bond donors (Lipinski definition) is 2. The molecule has 1 aromatic carbocycles. The number of aromatic nitrogens is 2. The third kappa shape index (κ3) is 4.34. The lowest BCUT2D eigenvalue weighted by molar-refractivity contribution is 0.578. The van der Waals surface area contributed by atoms with Crippen molar-refractivity contribution in [2.75, 3.05) is 28.6 Å². The van der Waals surface area contributed by atoms with Gasteiger partial charge < -0.3 is 15.5 Å². The second-order valence-electron chi connectivity index (χ2n) is 6.28. The molecule has 2 N–H and O–H groups in total. The van der Waals surface area contributed by atoms with E-state index in [2.05, 4.69) is 63.6 Å². The maximum absolute atomic E-state index is 4.48. The van der Waals surface area contributed by atoms with Crippen molar-refractivity contribution < 1.29 is 0 Å². The largest absolute Gasteiger partial charge is 0.372 e. The van der Waals surface area contributed by atoms with Gasteiger partial charge in [-0.3, -0.25) is 0 Å². The zero-order chi connectivity index (χ0) is 16.1. The van der Waals surface area contributed by atoms with Gasteiger partial charge in [0.2, 0.25) is 5.95 Å². The van der Waals surface area contributed by atoms with Crippen molar-refractivity contribution >= 4 is 23.1 Å². The van der Waals surface area contributed by atoms with Crippen LogP contribution < -0.4 is 15.5 Å². The number of anilines is 4. The number of nitrogens with one attached hydrogen (secondary N) is 2. The summed E-state index contributed by atoms with van der Waals surface area (Å²) >= 11 is 0. The molecule has 5 nitrogen and oxygen atoms in total. The van der Waals surface area contributed by atoms with E-state index in [9.17, 15) is 0 Å². The SMILES string of the molecule is CC(C)Nc1ccnc(Nc2ccc(N3CCCCC3)cc2)n1. The second-order valence-corrected chi connectivity index (χ2v) is 6.28. The van der Waals surface area contributed by atoms with E-state index in [4.69, 9.17) is 0 Å². The van der Waals surface area contributed by atoms with E-state index in [1.165, 1.54) is 38.0 Å². The molecule has 1 aromatic heterocycles. The average molecular weight is 311 g/mol. The zero-order valence-corrected chi connectivity index (χ0v) is 13.9. The van der Waals surface area contributed by atoms with E-state index in [0.717, 1.165) is 11.5 Å². The maximum atomic E-state index is 4.48. The van der Waals surface area contributed by atoms with Crippen molar-refractivity contribution in [2.24, 2.45) is 0 Å². The van der Waals surface area contributed by atoms with Crippen LogP contribution in [-0.2, 0) is 0 Å². The van der Waals surface area contributed by atoms with Crippen molar-refractivity contribution in [2.45, 2.75) is 39.2 Å². The van der Waals surface area contributed by atoms with E-state index in [1.54, 1.807) is 6.20 Å². The van der Waals surface area contributed by atoms with Crippen LogP contribution in [0.4, 0.5) is 23.1 Å². The number of rotatable bonds is 5. The molecule has 0 unspecified atom stereocenters. The Labute approximate surface area is 138 Å². The Balaban J connectivity index is 1.66. The molecule has 0 radical (unpaired) electrons. The molecular formula is C18H25N5. The predicted octanol–water partition coefficient (Wildman–Crippen LogP) is 4.03. The molecule has 1 saturated heterocycles. The zero-order valence-electron chi connectivity index (χ0n) is 13.9. The molecule has 0 saturated carbocycles. The number of piperidine rings is 1. The highest BCUT2D eigenvalue weighted by Gasteiger charge is 2.10. The lowest BCUT2D eigenvalue weighted by Crippen LogP contribution is -2.29. The van der Waals surface area contributed by atoms with Crippen LogP contribution >= 0.6 is 0 Å². The fourth-order valence-electron chi connectivity index (χ4n) is 2.83. The molecule has 122 valence electrons. The van der Waals surface area contributed by atoms with Crippen molar-refractivity contribution in [3.8, 4) is 0 Å². The van der Waals surface area contributed by atoms with Gasteiger partial charge in [-0.25, -0.2) is 4.98 Å². The first-order valence-corrected chi connectivity index (χ1v) is 8.42. The number of benzene rings is 1. The van der Waals surface area contributed by atoms with Crippen molar-refractivity contribution in [1.29, 1.82) is 0 Å². The normalized spacial score (nSPS) is 14.8. The second kappa shape index (κ2) is 7.31. The fourth-order valence-corrected chi connectivity index (χ4v) is 2.83. The molecule has 2 aromatic rings. The summed E-state index contributed by atoms with van der Waals surface area (Å²) in [5, 5.41) is 6.55. The molecule has 1 aliphatic rings. The highest BCUT2D eigenvalue weighted by Crippen LogP contribution is 2.23. The summed E-state index contributed by atoms with van der Waals surface area (Å²) in [4.78, 5) is 11.2. The summed E-state index contributed by atoms with van der Waals surface area (Å²) in [6, 6.07) is 10.8. The summed E-state index contributed by atoms with van der Waals surface area (Å²) in [5.74, 6) is 1.45. The summed E-state index contributed by atoms with van der Waals surface area (Å²) in [7, 11) is 0. The van der Waals surface area contributed by atoms with Crippen molar-refractivity contribution in [3.63, 3.8) is 0 Å². The topological polar surface area (TPSA) is 53.1 Å². The monoisotopic (exact) mass is 311 g/mol. The van der Waals surface area contributed by atoms with Gasteiger partial charge in [0.1, 0.15) is 5.82 Å². The van der Waals surface area contributed by atoms with Crippen LogP contribution in [0.2, 0.25) is 0 Å². The molecule has 5 heteroatoms. The summed E-state index contributed by atoms with van der Waals surface area (Å²) in [6.07, 6.45) is 5.71. The Morgan fingerprint density at radius 2 is 1.74 bits per heavy atom. The van der Waals surface area contributed by atoms with Gasteiger partial charge in [0.15, 0.2) is 0 Å². The van der Waals surface area contributed by atoms with Gasteiger partial charge in [-0.1, -0.05) is 0 Å². The van der Waals surface area contributed by atoms with Crippen LogP contribution in [0, 0.1) is 0 Å². The van der Waals surface area contributed by atoms with Gasteiger partial charge in [0.05, 0.1) is 0 Å². The van der Waals surface area contributed by atoms with E-state index < -0.39 is 0 Å². The molecule has 0 bridgehead atoms. The van der Waals surface area contributed by atoms with E-state index >= 15 is 0 Å². The smallest absolute Gasteiger partial charge is 0.229 e. The van der Waals surface area contributed by atoms with Crippen LogP contribution in [0.15, 0.2) is 36.5 Å². The van der Waals surface area contributed by atoms with Gasteiger partial charge in [-0.15, -0.1) is 0 Å². The molecule has 2 heterocycles. The minimum atomic E-state index is 0.349. The van der Waals surface area contributed by atoms with Crippen LogP contribution in [0.3, 0.4) is 0 Å². The predicted molar refractivity (Wildman–Crippen MR) is 96.6 cm³/mol. The summed E-state index contributed by atoms with van der Waals surface area (Å²) < 4.78 is 0. The molecular weight excluding hydrogens is 286 g/mol. The molecule has 0 amide bonds. The average Bonchev–Trinajstić information content (AvgIpc) is 2.56. The fraction of sp³-hybridized carbons (Fsp3) is 0.444. The molecule has 1 fully saturated rings. The Kier molecular flexibility index (Phi) is 4.95. The highest BCUT2D eigenvalue weighted by molar-refractivity contribution is 5.60. The Hall–Kier alpha value is -2.30. The molecule has 0 atom stereocenters. The van der Waals surface area contributed by atoms with Gasteiger partial charge in [0, 0.05) is 36.7 Å². The van der Waals surface area contributed by atoms with E-state index in [1.807, 2.05) is 6.07 Å². The Bertz CT molecular complexity index is 618. The lowest BCUT2D eigenvalue weighted by atomic mass is 10.1. The van der Waals surface area contributed by atoms with Gasteiger partial charge in [-0.2, -0.15) is 4.98 Å². The van der Waals surface area contributed by atoms with Crippen LogP contribution in [-0.4, -0.2) is 29.1 Å². The van der Waals surface area contributed by atoms with Crippen LogP contribution in [0.5, 0.6) is 0 Å². The molecule has 0 spiro atoms. The number of nitrogens with zero attached hydrogens (tertiary/aromatic N) is 3. The van der Waals surface area contributed by atoms with Crippen molar-refractivity contribution in [3.05, 3.63) is 36.5 Å². The van der Waals surface area contributed by atoms with E-state index in [0.29, 0.717) is 12.0 Å². The summed E-state index contributed by atoms with van der Waals surface area (Å²) in [6.45, 7) is 6.51. The first kappa shape index (κ1) is 15.6. The Morgan fingerprint density at radius 1 is 1.00 bits per heavy atom. The van der Waals surface area contributed by atoms with Gasteiger partial charge >= 0.3 is 0 Å². The first-order valence-electron chi connectivity index (χ1n) is 8.42. The van der Waals surface area contributed by atoms with Gasteiger partial charge in [0.25, 0.3) is 0 Å². The maximum Gasteiger partial charge on any atom is 0.229 e. The molecule has 23 heavy (non-hydrogen) atoms. The minimum Gasteiger partial charge on any atom is -0.372 e. The third-order valence-electron chi connectivity index (χ3n) is 3.94. The third-order valence-corrected chi connectivity index (χ3v) is 3.94. The van der Waals surface area contributed by atoms with Crippen molar-refractivity contribution in [1.82, 2.24) is 9.97 Å². The highest BCUT2D eigenvalue weighted by atomic mass is 15.1. The minimum absolute atomic E-state index is 0.349. The lowest BCUT2D eigenvalue weighted by Gasteiger charge is -2.28. The molecule has 0 aliphatic carbocycles. The van der Waals surface area contributed by atoms with Crippen LogP contribution in [0.25, 0.3) is 0 Å². The molecule has 3 rings (SSSR count). The quantitative estimate of drug-likeness (QED) is 0.873. The molecule has 1 aliphatic heterocycles. The summed E-state index contributed by atoms with van der Waals surface area (Å²) in [5.41, 5.74) is 2.30.